The molecule has 0 unspecified atom stereocenters. The van der Waals surface area contributed by atoms with E-state index in [2.05, 4.69) is 20.7 Å². The van der Waals surface area contributed by atoms with Crippen LogP contribution in [0.15, 0.2) is 45.8 Å². The molecule has 0 spiro atoms. The Morgan fingerprint density at radius 3 is 2.59 bits per heavy atom. The highest BCUT2D eigenvalue weighted by Crippen LogP contribution is 2.29. The molecule has 0 saturated heterocycles. The number of hydrogen-bond donors (Lipinski definition) is 1. The van der Waals surface area contributed by atoms with Crippen LogP contribution >= 0.6 is 27.5 Å². The van der Waals surface area contributed by atoms with Crippen LogP contribution in [0.1, 0.15) is 5.56 Å². The zero-order valence-electron chi connectivity index (χ0n) is 11.3. The van der Waals surface area contributed by atoms with Gasteiger partial charge in [0, 0.05) is 4.47 Å². The molecule has 0 aliphatic heterocycles. The van der Waals surface area contributed by atoms with E-state index < -0.39 is 10.0 Å². The highest BCUT2D eigenvalue weighted by molar-refractivity contribution is 9.10. The van der Waals surface area contributed by atoms with Gasteiger partial charge < -0.3 is 4.74 Å². The van der Waals surface area contributed by atoms with E-state index in [1.54, 1.807) is 12.1 Å². The predicted molar refractivity (Wildman–Crippen MR) is 87.7 cm³/mol. The average Bonchev–Trinajstić information content (AvgIpc) is 2.47. The first-order chi connectivity index (χ1) is 10.4. The summed E-state index contributed by atoms with van der Waals surface area (Å²) in [6.45, 7) is 0. The van der Waals surface area contributed by atoms with Gasteiger partial charge in [-0.1, -0.05) is 27.5 Å². The van der Waals surface area contributed by atoms with Crippen LogP contribution in [0.5, 0.6) is 5.75 Å². The van der Waals surface area contributed by atoms with Gasteiger partial charge in [-0.05, 0) is 36.4 Å². The molecule has 2 aromatic carbocycles. The smallest absolute Gasteiger partial charge is 0.265 e. The molecule has 2 rings (SSSR count). The molecular formula is C14H10BrClN2O3S. The zero-order valence-corrected chi connectivity index (χ0v) is 14.5. The fourth-order valence-electron chi connectivity index (χ4n) is 1.74. The van der Waals surface area contributed by atoms with Crippen molar-refractivity contribution >= 4 is 43.2 Å². The highest BCUT2D eigenvalue weighted by atomic mass is 79.9. The number of benzene rings is 2. The Morgan fingerprint density at radius 1 is 1.27 bits per heavy atom. The number of nitriles is 1. The van der Waals surface area contributed by atoms with Crippen LogP contribution in [0.3, 0.4) is 0 Å². The molecule has 0 atom stereocenters. The number of ether oxygens (including phenoxy) is 1. The summed E-state index contributed by atoms with van der Waals surface area (Å²) in [6, 6.07) is 10.9. The van der Waals surface area contributed by atoms with E-state index in [9.17, 15) is 8.42 Å². The molecule has 0 heterocycles. The number of hydrogen-bond acceptors (Lipinski definition) is 4. The molecule has 2 aromatic rings. The van der Waals surface area contributed by atoms with E-state index in [-0.39, 0.29) is 26.9 Å². The number of methoxy groups -OCH3 is 1. The van der Waals surface area contributed by atoms with Crippen LogP contribution in [-0.2, 0) is 10.0 Å². The van der Waals surface area contributed by atoms with Crippen molar-refractivity contribution < 1.29 is 13.2 Å². The maximum Gasteiger partial charge on any atom is 0.265 e. The van der Waals surface area contributed by atoms with Crippen molar-refractivity contribution in [3.05, 3.63) is 51.5 Å². The normalized spacial score (nSPS) is 10.8. The van der Waals surface area contributed by atoms with Gasteiger partial charge in [0.25, 0.3) is 10.0 Å². The van der Waals surface area contributed by atoms with Gasteiger partial charge in [-0.15, -0.1) is 0 Å². The van der Waals surface area contributed by atoms with Gasteiger partial charge in [-0.2, -0.15) is 5.26 Å². The summed E-state index contributed by atoms with van der Waals surface area (Å²) in [4.78, 5) is -0.00939. The maximum atomic E-state index is 12.5. The third kappa shape index (κ3) is 3.53. The van der Waals surface area contributed by atoms with Gasteiger partial charge >= 0.3 is 0 Å². The fourth-order valence-corrected chi connectivity index (χ4v) is 3.72. The molecule has 22 heavy (non-hydrogen) atoms. The second kappa shape index (κ2) is 6.57. The second-order valence-corrected chi connectivity index (χ2v) is 7.18. The summed E-state index contributed by atoms with van der Waals surface area (Å²) in [5.41, 5.74) is 0.524. The van der Waals surface area contributed by atoms with Gasteiger partial charge in [0.15, 0.2) is 0 Å². The Bertz CT molecular complexity index is 863. The third-order valence-corrected chi connectivity index (χ3v) is 4.97. The minimum absolute atomic E-state index is 0.00939. The summed E-state index contributed by atoms with van der Waals surface area (Å²) in [5, 5.41) is 8.99. The number of sulfonamides is 1. The van der Waals surface area contributed by atoms with Crippen LogP contribution < -0.4 is 9.46 Å². The quantitative estimate of drug-likeness (QED) is 0.845. The van der Waals surface area contributed by atoms with Crippen LogP contribution in [0.4, 0.5) is 5.69 Å². The van der Waals surface area contributed by atoms with E-state index >= 15 is 0 Å². The number of nitrogens with zero attached hydrogens (tertiary/aromatic N) is 1. The van der Waals surface area contributed by atoms with Crippen molar-refractivity contribution in [2.75, 3.05) is 11.8 Å². The van der Waals surface area contributed by atoms with Crippen molar-refractivity contribution in [1.29, 1.82) is 5.26 Å². The summed E-state index contributed by atoms with van der Waals surface area (Å²) < 4.78 is 33.0. The minimum atomic E-state index is -3.86. The number of nitrogens with one attached hydrogen (secondary N) is 1. The molecular weight excluding hydrogens is 392 g/mol. The summed E-state index contributed by atoms with van der Waals surface area (Å²) in [6.07, 6.45) is 0. The first kappa shape index (κ1) is 16.6. The first-order valence-corrected chi connectivity index (χ1v) is 8.59. The van der Waals surface area contributed by atoms with Gasteiger partial charge in [0.05, 0.1) is 23.4 Å². The lowest BCUT2D eigenvalue weighted by atomic mass is 10.2. The van der Waals surface area contributed by atoms with Crippen LogP contribution in [0.25, 0.3) is 0 Å². The minimum Gasteiger partial charge on any atom is -0.495 e. The lowest BCUT2D eigenvalue weighted by Crippen LogP contribution is -2.14. The molecule has 0 fully saturated rings. The van der Waals surface area contributed by atoms with Gasteiger partial charge in [-0.3, -0.25) is 4.72 Å². The molecule has 0 saturated carbocycles. The van der Waals surface area contributed by atoms with Crippen molar-refractivity contribution in [2.45, 2.75) is 4.90 Å². The molecule has 0 aliphatic rings. The molecule has 114 valence electrons. The Labute approximate surface area is 141 Å². The third-order valence-electron chi connectivity index (χ3n) is 2.76. The number of halogens is 2. The molecule has 0 bridgehead atoms. The summed E-state index contributed by atoms with van der Waals surface area (Å²) in [5.74, 6) is 0.218. The van der Waals surface area contributed by atoms with Gasteiger partial charge in [0.1, 0.15) is 16.7 Å². The Hall–Kier alpha value is -1.75. The second-order valence-electron chi connectivity index (χ2n) is 4.21. The van der Waals surface area contributed by atoms with E-state index in [0.717, 1.165) is 0 Å². The van der Waals surface area contributed by atoms with Crippen molar-refractivity contribution in [1.82, 2.24) is 0 Å². The lowest BCUT2D eigenvalue weighted by Gasteiger charge is -2.12. The number of rotatable bonds is 4. The molecule has 1 N–H and O–H groups in total. The maximum absolute atomic E-state index is 12.5. The Kier molecular flexibility index (Phi) is 4.96. The SMILES string of the molecule is COc1ccc(Br)cc1S(=O)(=O)Nc1ccc(C#N)c(Cl)c1. The van der Waals surface area contributed by atoms with Gasteiger partial charge in [0.2, 0.25) is 0 Å². The average molecular weight is 402 g/mol. The molecule has 0 aromatic heterocycles. The van der Waals surface area contributed by atoms with E-state index in [0.29, 0.717) is 4.47 Å². The van der Waals surface area contributed by atoms with Gasteiger partial charge in [-0.25, -0.2) is 8.42 Å². The predicted octanol–water partition coefficient (Wildman–Crippen LogP) is 3.78. The van der Waals surface area contributed by atoms with Crippen LogP contribution in [-0.4, -0.2) is 15.5 Å². The summed E-state index contributed by atoms with van der Waals surface area (Å²) in [7, 11) is -2.47. The first-order valence-electron chi connectivity index (χ1n) is 5.93. The zero-order chi connectivity index (χ0) is 16.3. The molecule has 0 radical (unpaired) electrons. The van der Waals surface area contributed by atoms with Crippen molar-refractivity contribution in [2.24, 2.45) is 0 Å². The standard InChI is InChI=1S/C14H10BrClN2O3S/c1-21-13-5-3-10(15)6-14(13)22(19,20)18-11-4-2-9(8-17)12(16)7-11/h2-7,18H,1H3. The fraction of sp³-hybridized carbons (Fsp3) is 0.0714. The van der Waals surface area contributed by atoms with E-state index in [1.807, 2.05) is 6.07 Å². The Morgan fingerprint density at radius 2 is 2.00 bits per heavy atom. The van der Waals surface area contributed by atoms with E-state index in [4.69, 9.17) is 21.6 Å². The monoisotopic (exact) mass is 400 g/mol. The van der Waals surface area contributed by atoms with Crippen molar-refractivity contribution in [3.63, 3.8) is 0 Å². The molecule has 0 amide bonds. The topological polar surface area (TPSA) is 79.2 Å². The molecule has 0 aliphatic carbocycles. The largest absolute Gasteiger partial charge is 0.495 e. The van der Waals surface area contributed by atoms with Crippen LogP contribution in [0.2, 0.25) is 5.02 Å². The van der Waals surface area contributed by atoms with E-state index in [1.165, 1.54) is 31.4 Å². The Balaban J connectivity index is 2.42. The highest BCUT2D eigenvalue weighted by Gasteiger charge is 2.20. The lowest BCUT2D eigenvalue weighted by molar-refractivity contribution is 0.403. The molecule has 5 nitrogen and oxygen atoms in total. The number of anilines is 1. The molecule has 8 heteroatoms. The van der Waals surface area contributed by atoms with Crippen LogP contribution in [0, 0.1) is 11.3 Å². The van der Waals surface area contributed by atoms with Crippen molar-refractivity contribution in [3.8, 4) is 11.8 Å². The summed E-state index contributed by atoms with van der Waals surface area (Å²) >= 11 is 9.13.